The van der Waals surface area contributed by atoms with Gasteiger partial charge in [-0.2, -0.15) is 0 Å². The van der Waals surface area contributed by atoms with Crippen molar-refractivity contribution in [2.45, 2.75) is 19.5 Å². The summed E-state index contributed by atoms with van der Waals surface area (Å²) in [4.78, 5) is 0. The summed E-state index contributed by atoms with van der Waals surface area (Å²) >= 11 is 0. The molecule has 0 spiro atoms. The number of ether oxygens (including phenoxy) is 1. The van der Waals surface area contributed by atoms with E-state index < -0.39 is 0 Å². The molecule has 1 heterocycles. The molecule has 3 heteroatoms. The van der Waals surface area contributed by atoms with Gasteiger partial charge in [-0.15, -0.1) is 0 Å². The Morgan fingerprint density at radius 1 is 1.18 bits per heavy atom. The first-order valence-corrected chi connectivity index (χ1v) is 5.80. The number of benzene rings is 1. The molecule has 0 radical (unpaired) electrons. The molecule has 90 valence electrons. The fourth-order valence-corrected chi connectivity index (χ4v) is 1.89. The average molecular weight is 230 g/mol. The highest BCUT2D eigenvalue weighted by molar-refractivity contribution is 5.27. The summed E-state index contributed by atoms with van der Waals surface area (Å²) in [5, 5.41) is 0. The van der Waals surface area contributed by atoms with Crippen molar-refractivity contribution in [2.24, 2.45) is 5.73 Å². The van der Waals surface area contributed by atoms with Gasteiger partial charge in [-0.05, 0) is 36.2 Å². The fraction of sp³-hybridized carbons (Fsp3) is 0.286. The van der Waals surface area contributed by atoms with Crippen LogP contribution in [-0.2, 0) is 19.5 Å². The molecule has 0 aliphatic heterocycles. The number of methoxy groups -OCH3 is 1. The highest BCUT2D eigenvalue weighted by Crippen LogP contribution is 2.12. The largest absolute Gasteiger partial charge is 0.497 e. The third-order valence-corrected chi connectivity index (χ3v) is 2.93. The molecule has 2 rings (SSSR count). The summed E-state index contributed by atoms with van der Waals surface area (Å²) in [6.07, 6.45) is 3.08. The van der Waals surface area contributed by atoms with Crippen LogP contribution in [0.4, 0.5) is 0 Å². The SMILES string of the molecule is COc1ccc(CCn2cccc2CN)cc1. The van der Waals surface area contributed by atoms with Crippen LogP contribution in [0, 0.1) is 0 Å². The molecule has 0 unspecified atom stereocenters. The second-order valence-electron chi connectivity index (χ2n) is 4.00. The van der Waals surface area contributed by atoms with Crippen molar-refractivity contribution in [1.29, 1.82) is 0 Å². The molecular formula is C14H18N2O. The lowest BCUT2D eigenvalue weighted by Crippen LogP contribution is -2.08. The van der Waals surface area contributed by atoms with Gasteiger partial charge in [0.15, 0.2) is 0 Å². The molecule has 0 fully saturated rings. The van der Waals surface area contributed by atoms with Crippen LogP contribution in [0.1, 0.15) is 11.3 Å². The van der Waals surface area contributed by atoms with E-state index in [4.69, 9.17) is 10.5 Å². The zero-order valence-electron chi connectivity index (χ0n) is 10.1. The monoisotopic (exact) mass is 230 g/mol. The zero-order chi connectivity index (χ0) is 12.1. The fourth-order valence-electron chi connectivity index (χ4n) is 1.89. The summed E-state index contributed by atoms with van der Waals surface area (Å²) in [5.41, 5.74) is 8.15. The minimum atomic E-state index is 0.593. The minimum absolute atomic E-state index is 0.593. The molecule has 0 amide bonds. The number of hydrogen-bond donors (Lipinski definition) is 1. The summed E-state index contributed by atoms with van der Waals surface area (Å²) < 4.78 is 7.33. The lowest BCUT2D eigenvalue weighted by Gasteiger charge is -2.08. The van der Waals surface area contributed by atoms with Crippen LogP contribution in [-0.4, -0.2) is 11.7 Å². The number of aromatic nitrogens is 1. The summed E-state index contributed by atoms with van der Waals surface area (Å²) in [7, 11) is 1.68. The second-order valence-corrected chi connectivity index (χ2v) is 4.00. The Morgan fingerprint density at radius 3 is 2.59 bits per heavy atom. The Kier molecular flexibility index (Phi) is 3.83. The van der Waals surface area contributed by atoms with Crippen molar-refractivity contribution >= 4 is 0 Å². The zero-order valence-corrected chi connectivity index (χ0v) is 10.1. The molecule has 2 N–H and O–H groups in total. The van der Waals surface area contributed by atoms with Gasteiger partial charge < -0.3 is 15.0 Å². The molecule has 1 aromatic carbocycles. The molecule has 0 saturated heterocycles. The number of hydrogen-bond acceptors (Lipinski definition) is 2. The van der Waals surface area contributed by atoms with Crippen molar-refractivity contribution in [1.82, 2.24) is 4.57 Å². The average Bonchev–Trinajstić information content (AvgIpc) is 2.84. The maximum absolute atomic E-state index is 5.66. The van der Waals surface area contributed by atoms with E-state index in [-0.39, 0.29) is 0 Å². The van der Waals surface area contributed by atoms with E-state index in [1.54, 1.807) is 7.11 Å². The lowest BCUT2D eigenvalue weighted by atomic mass is 10.1. The molecular weight excluding hydrogens is 212 g/mol. The Hall–Kier alpha value is -1.74. The van der Waals surface area contributed by atoms with Gasteiger partial charge in [0.25, 0.3) is 0 Å². The van der Waals surface area contributed by atoms with Crippen LogP contribution in [0.3, 0.4) is 0 Å². The molecule has 0 saturated carbocycles. The number of aryl methyl sites for hydroxylation is 2. The van der Waals surface area contributed by atoms with Gasteiger partial charge >= 0.3 is 0 Å². The summed E-state index contributed by atoms with van der Waals surface area (Å²) in [6, 6.07) is 12.3. The molecule has 0 atom stereocenters. The third-order valence-electron chi connectivity index (χ3n) is 2.93. The highest BCUT2D eigenvalue weighted by atomic mass is 16.5. The normalized spacial score (nSPS) is 10.5. The van der Waals surface area contributed by atoms with Crippen molar-refractivity contribution < 1.29 is 4.74 Å². The Labute approximate surface area is 102 Å². The standard InChI is InChI=1S/C14H18N2O/c1-17-14-6-4-12(5-7-14)8-10-16-9-2-3-13(16)11-15/h2-7,9H,8,10-11,15H2,1H3. The van der Waals surface area contributed by atoms with E-state index in [0.29, 0.717) is 6.54 Å². The summed E-state index contributed by atoms with van der Waals surface area (Å²) in [6.45, 7) is 1.56. The quantitative estimate of drug-likeness (QED) is 0.855. The van der Waals surface area contributed by atoms with Gasteiger partial charge in [0.2, 0.25) is 0 Å². The second kappa shape index (κ2) is 5.55. The van der Waals surface area contributed by atoms with Gasteiger partial charge in [-0.1, -0.05) is 12.1 Å². The number of nitrogens with zero attached hydrogens (tertiary/aromatic N) is 1. The van der Waals surface area contributed by atoms with Gasteiger partial charge in [-0.25, -0.2) is 0 Å². The van der Waals surface area contributed by atoms with Crippen LogP contribution in [0.5, 0.6) is 5.75 Å². The lowest BCUT2D eigenvalue weighted by molar-refractivity contribution is 0.414. The van der Waals surface area contributed by atoms with Crippen LogP contribution >= 0.6 is 0 Å². The molecule has 2 aromatic rings. The molecule has 17 heavy (non-hydrogen) atoms. The van der Waals surface area contributed by atoms with Crippen LogP contribution in [0.15, 0.2) is 42.6 Å². The first kappa shape index (κ1) is 11.7. The van der Waals surface area contributed by atoms with Crippen molar-refractivity contribution in [3.05, 3.63) is 53.9 Å². The van der Waals surface area contributed by atoms with Crippen LogP contribution < -0.4 is 10.5 Å². The van der Waals surface area contributed by atoms with Gasteiger partial charge in [0.05, 0.1) is 7.11 Å². The molecule has 3 nitrogen and oxygen atoms in total. The van der Waals surface area contributed by atoms with E-state index in [1.165, 1.54) is 11.3 Å². The topological polar surface area (TPSA) is 40.2 Å². The molecule has 0 aliphatic carbocycles. The van der Waals surface area contributed by atoms with Crippen molar-refractivity contribution in [2.75, 3.05) is 7.11 Å². The van der Waals surface area contributed by atoms with Gasteiger partial charge in [-0.3, -0.25) is 0 Å². The summed E-state index contributed by atoms with van der Waals surface area (Å²) in [5.74, 6) is 0.900. The first-order chi connectivity index (χ1) is 8.33. The van der Waals surface area contributed by atoms with E-state index in [2.05, 4.69) is 29.0 Å². The molecule has 0 bridgehead atoms. The Balaban J connectivity index is 1.97. The van der Waals surface area contributed by atoms with E-state index >= 15 is 0 Å². The van der Waals surface area contributed by atoms with Gasteiger partial charge in [0, 0.05) is 25.0 Å². The first-order valence-electron chi connectivity index (χ1n) is 5.80. The minimum Gasteiger partial charge on any atom is -0.497 e. The van der Waals surface area contributed by atoms with E-state index in [0.717, 1.165) is 18.7 Å². The molecule has 0 aliphatic rings. The predicted molar refractivity (Wildman–Crippen MR) is 69.0 cm³/mol. The van der Waals surface area contributed by atoms with Crippen LogP contribution in [0.2, 0.25) is 0 Å². The predicted octanol–water partition coefficient (Wildman–Crippen LogP) is 2.20. The highest BCUT2D eigenvalue weighted by Gasteiger charge is 1.99. The molecule has 1 aromatic heterocycles. The van der Waals surface area contributed by atoms with E-state index in [1.807, 2.05) is 18.2 Å². The Morgan fingerprint density at radius 2 is 1.94 bits per heavy atom. The van der Waals surface area contributed by atoms with Crippen LogP contribution in [0.25, 0.3) is 0 Å². The Bertz CT molecular complexity index is 459. The smallest absolute Gasteiger partial charge is 0.118 e. The maximum atomic E-state index is 5.66. The number of rotatable bonds is 5. The third kappa shape index (κ3) is 2.88. The van der Waals surface area contributed by atoms with E-state index in [9.17, 15) is 0 Å². The number of nitrogens with two attached hydrogens (primary N) is 1. The van der Waals surface area contributed by atoms with Crippen molar-refractivity contribution in [3.63, 3.8) is 0 Å². The maximum Gasteiger partial charge on any atom is 0.118 e. The van der Waals surface area contributed by atoms with Crippen molar-refractivity contribution in [3.8, 4) is 5.75 Å². The van der Waals surface area contributed by atoms with Gasteiger partial charge in [0.1, 0.15) is 5.75 Å².